The zero-order chi connectivity index (χ0) is 23.3. The summed E-state index contributed by atoms with van der Waals surface area (Å²) >= 11 is 0. The highest BCUT2D eigenvalue weighted by atomic mass is 19.4. The van der Waals surface area contributed by atoms with E-state index >= 15 is 0 Å². The fraction of sp³-hybridized carbons (Fsp3) is 0.381. The van der Waals surface area contributed by atoms with Gasteiger partial charge in [0.25, 0.3) is 0 Å². The molecule has 0 unspecified atom stereocenters. The van der Waals surface area contributed by atoms with Crippen molar-refractivity contribution in [2.24, 2.45) is 0 Å². The number of H-pyrrole nitrogens is 1. The number of anilines is 1. The molecule has 0 amide bonds. The Labute approximate surface area is 183 Å². The van der Waals surface area contributed by atoms with Gasteiger partial charge < -0.3 is 29.6 Å². The highest BCUT2D eigenvalue weighted by Gasteiger charge is 2.48. The number of ether oxygens (including phenoxy) is 3. The van der Waals surface area contributed by atoms with Crippen LogP contribution in [0.5, 0.6) is 5.88 Å². The second-order valence-electron chi connectivity index (χ2n) is 7.82. The maximum Gasteiger partial charge on any atom is 0.420 e. The molecule has 2 aromatic heterocycles. The Balaban J connectivity index is 1.42. The van der Waals surface area contributed by atoms with E-state index in [1.165, 1.54) is 6.07 Å². The molecule has 12 heteroatoms. The smallest absolute Gasteiger partial charge is 0.420 e. The monoisotopic (exact) mass is 471 g/mol. The van der Waals surface area contributed by atoms with Crippen molar-refractivity contribution in [1.82, 2.24) is 9.97 Å². The van der Waals surface area contributed by atoms with E-state index in [9.17, 15) is 27.1 Å². The molecule has 4 atom stereocenters. The molecule has 0 aliphatic carbocycles. The van der Waals surface area contributed by atoms with Crippen LogP contribution in [0, 0.1) is 11.6 Å². The number of hydrogen-bond donors (Lipinski definition) is 3. The Morgan fingerprint density at radius 1 is 1.12 bits per heavy atom. The SMILES string of the molecule is O[C@@H]1CO[C@H]2[C@@H]1OC[C@H]2Oc1cc2nc(NCc3c(F)cccc3F)c(C(F)(F)F)cc2[nH]1. The Bertz CT molecular complexity index is 1160. The summed E-state index contributed by atoms with van der Waals surface area (Å²) in [4.78, 5) is 6.74. The first kappa shape index (κ1) is 21.9. The lowest BCUT2D eigenvalue weighted by molar-refractivity contribution is -0.137. The molecule has 3 N–H and O–H groups in total. The topological polar surface area (TPSA) is 88.6 Å². The Hall–Kier alpha value is -2.96. The van der Waals surface area contributed by atoms with Crippen LogP contribution >= 0.6 is 0 Å². The van der Waals surface area contributed by atoms with Crippen molar-refractivity contribution < 1.29 is 41.3 Å². The molecule has 5 rings (SSSR count). The first-order valence-corrected chi connectivity index (χ1v) is 10.1. The second kappa shape index (κ2) is 8.12. The Kier molecular flexibility index (Phi) is 5.38. The van der Waals surface area contributed by atoms with Gasteiger partial charge in [0, 0.05) is 18.2 Å². The molecule has 2 saturated heterocycles. The van der Waals surface area contributed by atoms with Gasteiger partial charge in [-0.05, 0) is 18.2 Å². The molecule has 33 heavy (non-hydrogen) atoms. The number of nitrogens with one attached hydrogen (secondary N) is 2. The summed E-state index contributed by atoms with van der Waals surface area (Å²) in [5.41, 5.74) is -1.30. The van der Waals surface area contributed by atoms with Crippen LogP contribution in [-0.2, 0) is 22.2 Å². The van der Waals surface area contributed by atoms with Crippen molar-refractivity contribution in [3.63, 3.8) is 0 Å². The molecule has 3 aromatic rings. The van der Waals surface area contributed by atoms with Crippen LogP contribution in [0.2, 0.25) is 0 Å². The zero-order valence-electron chi connectivity index (χ0n) is 16.8. The summed E-state index contributed by atoms with van der Waals surface area (Å²) in [7, 11) is 0. The summed E-state index contributed by atoms with van der Waals surface area (Å²) in [5.74, 6) is -2.20. The van der Waals surface area contributed by atoms with Gasteiger partial charge in [-0.3, -0.25) is 0 Å². The molecule has 2 fully saturated rings. The number of nitrogens with zero attached hydrogens (tertiary/aromatic N) is 1. The van der Waals surface area contributed by atoms with Crippen molar-refractivity contribution in [3.8, 4) is 5.88 Å². The number of alkyl halides is 3. The molecule has 2 aliphatic rings. The highest BCUT2D eigenvalue weighted by Crippen LogP contribution is 2.37. The number of aromatic nitrogens is 2. The molecular weight excluding hydrogens is 453 g/mol. The number of hydrogen-bond acceptors (Lipinski definition) is 6. The largest absolute Gasteiger partial charge is 0.470 e. The lowest BCUT2D eigenvalue weighted by atomic mass is 10.1. The van der Waals surface area contributed by atoms with E-state index in [0.29, 0.717) is 0 Å². The van der Waals surface area contributed by atoms with Gasteiger partial charge in [-0.15, -0.1) is 0 Å². The van der Waals surface area contributed by atoms with Crippen LogP contribution in [-0.4, -0.2) is 52.7 Å². The van der Waals surface area contributed by atoms with Gasteiger partial charge in [0.2, 0.25) is 0 Å². The molecule has 0 radical (unpaired) electrons. The van der Waals surface area contributed by atoms with E-state index < -0.39 is 65.7 Å². The average Bonchev–Trinajstić information content (AvgIpc) is 3.43. The molecule has 0 saturated carbocycles. The van der Waals surface area contributed by atoms with E-state index in [1.807, 2.05) is 0 Å². The molecule has 7 nitrogen and oxygen atoms in total. The minimum absolute atomic E-state index is 0.0581. The van der Waals surface area contributed by atoms with Crippen LogP contribution < -0.4 is 10.1 Å². The van der Waals surface area contributed by atoms with Gasteiger partial charge in [-0.25, -0.2) is 13.8 Å². The van der Waals surface area contributed by atoms with Crippen LogP contribution in [0.4, 0.5) is 27.8 Å². The minimum Gasteiger partial charge on any atom is -0.470 e. The minimum atomic E-state index is -4.77. The van der Waals surface area contributed by atoms with Crippen molar-refractivity contribution in [3.05, 3.63) is 53.1 Å². The second-order valence-corrected chi connectivity index (χ2v) is 7.82. The van der Waals surface area contributed by atoms with Gasteiger partial charge in [0.05, 0.1) is 29.8 Å². The predicted molar refractivity (Wildman–Crippen MR) is 105 cm³/mol. The van der Waals surface area contributed by atoms with Gasteiger partial charge >= 0.3 is 6.18 Å². The van der Waals surface area contributed by atoms with Crippen LogP contribution in [0.25, 0.3) is 11.0 Å². The van der Waals surface area contributed by atoms with E-state index in [-0.39, 0.29) is 30.1 Å². The predicted octanol–water partition coefficient (Wildman–Crippen LogP) is 3.38. The van der Waals surface area contributed by atoms with Gasteiger partial charge in [-0.2, -0.15) is 13.2 Å². The van der Waals surface area contributed by atoms with Gasteiger partial charge in [0.1, 0.15) is 35.8 Å². The maximum atomic E-state index is 13.9. The molecule has 0 spiro atoms. The van der Waals surface area contributed by atoms with Crippen molar-refractivity contribution >= 4 is 16.9 Å². The number of aromatic amines is 1. The number of fused-ring (bicyclic) bond motifs is 2. The highest BCUT2D eigenvalue weighted by molar-refractivity contribution is 5.80. The number of benzene rings is 1. The summed E-state index contributed by atoms with van der Waals surface area (Å²) in [6, 6.07) is 5.45. The fourth-order valence-corrected chi connectivity index (χ4v) is 4.03. The summed E-state index contributed by atoms with van der Waals surface area (Å²) in [5, 5.41) is 12.2. The standard InChI is InChI=1S/C21H18F5N3O4/c22-11-2-1-3-12(23)9(11)6-27-20-10(21(24,25)26)4-13-14(29-20)5-17(28-13)33-16-8-32-18-15(30)7-31-19(16)18/h1-5,15-16,18-19,28,30H,6-8H2,(H,27,29)/t15-,16-,18-,19-/m1/s1. The third kappa shape index (κ3) is 4.09. The number of aliphatic hydroxyl groups excluding tert-OH is 1. The first-order chi connectivity index (χ1) is 15.7. The van der Waals surface area contributed by atoms with E-state index in [2.05, 4.69) is 15.3 Å². The van der Waals surface area contributed by atoms with Crippen molar-refractivity contribution in [2.75, 3.05) is 18.5 Å². The number of rotatable bonds is 5. The van der Waals surface area contributed by atoms with Gasteiger partial charge in [-0.1, -0.05) is 6.07 Å². The summed E-state index contributed by atoms with van der Waals surface area (Å²) in [6.07, 6.45) is -7.13. The number of halogens is 5. The molecular formula is C21H18F5N3O4. The zero-order valence-corrected chi connectivity index (χ0v) is 16.8. The van der Waals surface area contributed by atoms with Crippen LogP contribution in [0.1, 0.15) is 11.1 Å². The van der Waals surface area contributed by atoms with Gasteiger partial charge in [0.15, 0.2) is 12.0 Å². The van der Waals surface area contributed by atoms with E-state index in [1.54, 1.807) is 0 Å². The van der Waals surface area contributed by atoms with Crippen molar-refractivity contribution in [1.29, 1.82) is 0 Å². The number of aliphatic hydroxyl groups is 1. The maximum absolute atomic E-state index is 13.9. The number of pyridine rings is 1. The molecule has 4 heterocycles. The third-order valence-corrected chi connectivity index (χ3v) is 5.64. The Morgan fingerprint density at radius 3 is 2.58 bits per heavy atom. The molecule has 2 aliphatic heterocycles. The van der Waals surface area contributed by atoms with E-state index in [4.69, 9.17) is 14.2 Å². The molecule has 1 aromatic carbocycles. The third-order valence-electron chi connectivity index (χ3n) is 5.64. The lowest BCUT2D eigenvalue weighted by Crippen LogP contribution is -2.34. The quantitative estimate of drug-likeness (QED) is 0.495. The van der Waals surface area contributed by atoms with E-state index in [0.717, 1.165) is 24.3 Å². The average molecular weight is 471 g/mol. The van der Waals surface area contributed by atoms with Crippen molar-refractivity contribution in [2.45, 2.75) is 37.1 Å². The summed E-state index contributed by atoms with van der Waals surface area (Å²) in [6.45, 7) is -0.282. The van der Waals surface area contributed by atoms with Crippen LogP contribution in [0.3, 0.4) is 0 Å². The molecule has 176 valence electrons. The van der Waals surface area contributed by atoms with Crippen LogP contribution in [0.15, 0.2) is 30.3 Å². The normalized spacial score (nSPS) is 24.9. The molecule has 0 bridgehead atoms. The fourth-order valence-electron chi connectivity index (χ4n) is 4.03. The summed E-state index contributed by atoms with van der Waals surface area (Å²) < 4.78 is 85.4. The first-order valence-electron chi connectivity index (χ1n) is 10.1. The Morgan fingerprint density at radius 2 is 1.85 bits per heavy atom. The lowest BCUT2D eigenvalue weighted by Gasteiger charge is -2.16.